The highest BCUT2D eigenvalue weighted by Gasteiger charge is 2.34. The Morgan fingerprint density at radius 2 is 2.00 bits per heavy atom. The number of nitriles is 1. The van der Waals surface area contributed by atoms with E-state index < -0.39 is 15.9 Å². The second-order valence-corrected chi connectivity index (χ2v) is 10.6. The van der Waals surface area contributed by atoms with Crippen LogP contribution in [0.15, 0.2) is 42.6 Å². The molecule has 1 aliphatic rings. The van der Waals surface area contributed by atoms with E-state index in [0.717, 1.165) is 35.4 Å². The molecule has 164 valence electrons. The Hall–Kier alpha value is -3.00. The Balaban J connectivity index is 1.76. The lowest BCUT2D eigenvalue weighted by Crippen LogP contribution is -2.30. The SMILES string of the molecule is CS(=O)(=O)NC(=O)c1nc(N(Cc2ccc(Cl)cn2)c2ccc(C#N)cc2)sc1C1CC1. The molecule has 11 heteroatoms. The number of nitrogens with one attached hydrogen (secondary N) is 1. The first-order chi connectivity index (χ1) is 15.2. The van der Waals surface area contributed by atoms with Gasteiger partial charge in [-0.05, 0) is 55.2 Å². The molecule has 1 aromatic carbocycles. The number of aromatic nitrogens is 2. The summed E-state index contributed by atoms with van der Waals surface area (Å²) in [6, 6.07) is 12.6. The molecule has 0 bridgehead atoms. The number of anilines is 2. The minimum absolute atomic E-state index is 0.126. The Morgan fingerprint density at radius 1 is 1.28 bits per heavy atom. The van der Waals surface area contributed by atoms with Crippen molar-refractivity contribution in [2.24, 2.45) is 0 Å². The zero-order valence-corrected chi connectivity index (χ0v) is 19.3. The Kier molecular flexibility index (Phi) is 6.15. The zero-order chi connectivity index (χ0) is 22.9. The molecule has 2 heterocycles. The average Bonchev–Trinajstić information content (AvgIpc) is 3.50. The van der Waals surface area contributed by atoms with E-state index in [-0.39, 0.29) is 11.6 Å². The standard InChI is InChI=1S/C21H18ClN5O3S2/c1-32(29,30)26-20(28)18-19(14-4-5-14)31-21(25-18)27(12-16-7-6-15(22)11-24-16)17-8-2-13(10-23)3-9-17/h2-3,6-9,11,14H,4-5,12H2,1H3,(H,26,28). The highest BCUT2D eigenvalue weighted by atomic mass is 35.5. The molecule has 1 saturated carbocycles. The molecule has 1 N–H and O–H groups in total. The minimum atomic E-state index is -3.72. The molecule has 3 aromatic rings. The van der Waals surface area contributed by atoms with Crippen molar-refractivity contribution < 1.29 is 13.2 Å². The van der Waals surface area contributed by atoms with Crippen LogP contribution in [0, 0.1) is 11.3 Å². The quantitative estimate of drug-likeness (QED) is 0.536. The van der Waals surface area contributed by atoms with Gasteiger partial charge in [-0.1, -0.05) is 11.6 Å². The Bertz CT molecular complexity index is 1290. The topological polar surface area (TPSA) is 116 Å². The average molecular weight is 488 g/mol. The van der Waals surface area contributed by atoms with Crippen LogP contribution in [0.4, 0.5) is 10.8 Å². The molecule has 0 radical (unpaired) electrons. The van der Waals surface area contributed by atoms with Crippen LogP contribution < -0.4 is 9.62 Å². The number of amides is 1. The van der Waals surface area contributed by atoms with Crippen molar-refractivity contribution in [2.75, 3.05) is 11.2 Å². The molecule has 1 fully saturated rings. The monoisotopic (exact) mass is 487 g/mol. The van der Waals surface area contributed by atoms with Gasteiger partial charge in [0.2, 0.25) is 10.0 Å². The van der Waals surface area contributed by atoms with Gasteiger partial charge in [0, 0.05) is 16.8 Å². The molecule has 0 aliphatic heterocycles. The fraction of sp³-hybridized carbons (Fsp3) is 0.238. The first kappa shape index (κ1) is 22.2. The van der Waals surface area contributed by atoms with E-state index in [2.05, 4.69) is 16.0 Å². The van der Waals surface area contributed by atoms with E-state index in [0.29, 0.717) is 22.3 Å². The number of nitrogens with zero attached hydrogens (tertiary/aromatic N) is 4. The number of hydrogen-bond donors (Lipinski definition) is 1. The van der Waals surface area contributed by atoms with Crippen molar-refractivity contribution in [2.45, 2.75) is 25.3 Å². The molecule has 32 heavy (non-hydrogen) atoms. The Morgan fingerprint density at radius 3 is 2.56 bits per heavy atom. The summed E-state index contributed by atoms with van der Waals surface area (Å²) >= 11 is 7.32. The van der Waals surface area contributed by atoms with Crippen molar-refractivity contribution in [1.82, 2.24) is 14.7 Å². The van der Waals surface area contributed by atoms with Gasteiger partial charge in [-0.25, -0.2) is 18.1 Å². The summed E-state index contributed by atoms with van der Waals surface area (Å²) in [6.07, 6.45) is 4.34. The van der Waals surface area contributed by atoms with Crippen LogP contribution in [0.5, 0.6) is 0 Å². The van der Waals surface area contributed by atoms with Gasteiger partial charge in [-0.15, -0.1) is 11.3 Å². The van der Waals surface area contributed by atoms with Crippen LogP contribution in [-0.4, -0.2) is 30.5 Å². The lowest BCUT2D eigenvalue weighted by atomic mass is 10.2. The second-order valence-electron chi connectivity index (χ2n) is 7.40. The van der Waals surface area contributed by atoms with Gasteiger partial charge in [0.05, 0.1) is 35.1 Å². The molecule has 2 aromatic heterocycles. The summed E-state index contributed by atoms with van der Waals surface area (Å²) in [5, 5.41) is 10.2. The third-order valence-corrected chi connectivity index (χ3v) is 6.75. The number of pyridine rings is 1. The normalized spacial score (nSPS) is 13.4. The predicted molar refractivity (Wildman–Crippen MR) is 123 cm³/mol. The number of carbonyl (C=O) groups excluding carboxylic acids is 1. The molecule has 4 rings (SSSR count). The fourth-order valence-electron chi connectivity index (χ4n) is 3.08. The van der Waals surface area contributed by atoms with E-state index in [1.807, 2.05) is 9.62 Å². The van der Waals surface area contributed by atoms with E-state index in [1.165, 1.54) is 11.3 Å². The zero-order valence-electron chi connectivity index (χ0n) is 16.9. The van der Waals surface area contributed by atoms with Crippen LogP contribution >= 0.6 is 22.9 Å². The van der Waals surface area contributed by atoms with Crippen molar-refractivity contribution in [3.05, 3.63) is 69.4 Å². The molecule has 0 unspecified atom stereocenters. The van der Waals surface area contributed by atoms with Gasteiger partial charge in [0.1, 0.15) is 5.69 Å². The van der Waals surface area contributed by atoms with Gasteiger partial charge < -0.3 is 4.90 Å². The van der Waals surface area contributed by atoms with Crippen LogP contribution in [0.25, 0.3) is 0 Å². The van der Waals surface area contributed by atoms with Gasteiger partial charge in [-0.2, -0.15) is 5.26 Å². The molecule has 0 spiro atoms. The number of sulfonamides is 1. The highest BCUT2D eigenvalue weighted by molar-refractivity contribution is 7.89. The maximum atomic E-state index is 12.6. The smallest absolute Gasteiger partial charge is 0.284 e. The third kappa shape index (κ3) is 5.24. The number of hydrogen-bond acceptors (Lipinski definition) is 8. The molecule has 1 amide bonds. The first-order valence-electron chi connectivity index (χ1n) is 9.64. The van der Waals surface area contributed by atoms with Crippen LogP contribution in [0.1, 0.15) is 45.4 Å². The molecule has 1 aliphatic carbocycles. The molecular formula is C21H18ClN5O3S2. The van der Waals surface area contributed by atoms with Crippen LogP contribution in [0.3, 0.4) is 0 Å². The van der Waals surface area contributed by atoms with E-state index in [4.69, 9.17) is 16.9 Å². The van der Waals surface area contributed by atoms with Crippen molar-refractivity contribution in [1.29, 1.82) is 5.26 Å². The number of halogens is 1. The molecule has 0 saturated heterocycles. The summed E-state index contributed by atoms with van der Waals surface area (Å²) in [7, 11) is -3.72. The number of rotatable bonds is 7. The number of benzene rings is 1. The van der Waals surface area contributed by atoms with Crippen molar-refractivity contribution in [3.8, 4) is 6.07 Å². The first-order valence-corrected chi connectivity index (χ1v) is 12.7. The van der Waals surface area contributed by atoms with Crippen LogP contribution in [0.2, 0.25) is 5.02 Å². The van der Waals surface area contributed by atoms with Crippen molar-refractivity contribution in [3.63, 3.8) is 0 Å². The third-order valence-electron chi connectivity index (χ3n) is 4.73. The van der Waals surface area contributed by atoms with Gasteiger partial charge >= 0.3 is 0 Å². The maximum Gasteiger partial charge on any atom is 0.284 e. The fourth-order valence-corrected chi connectivity index (χ4v) is 4.88. The lowest BCUT2D eigenvalue weighted by molar-refractivity contribution is 0.0976. The summed E-state index contributed by atoms with van der Waals surface area (Å²) in [5.74, 6) is -0.542. The van der Waals surface area contributed by atoms with E-state index in [1.54, 1.807) is 42.6 Å². The van der Waals surface area contributed by atoms with E-state index in [9.17, 15) is 13.2 Å². The van der Waals surface area contributed by atoms with Gasteiger partial charge in [-0.3, -0.25) is 9.78 Å². The predicted octanol–water partition coefficient (Wildman–Crippen LogP) is 3.97. The van der Waals surface area contributed by atoms with Gasteiger partial charge in [0.25, 0.3) is 5.91 Å². The highest BCUT2D eigenvalue weighted by Crippen LogP contribution is 2.47. The maximum absolute atomic E-state index is 12.6. The largest absolute Gasteiger partial charge is 0.312 e. The lowest BCUT2D eigenvalue weighted by Gasteiger charge is -2.21. The Labute approximate surface area is 194 Å². The summed E-state index contributed by atoms with van der Waals surface area (Å²) in [5.41, 5.74) is 2.13. The van der Waals surface area contributed by atoms with Gasteiger partial charge in [0.15, 0.2) is 5.13 Å². The number of thiazole rings is 1. The van der Waals surface area contributed by atoms with Crippen LogP contribution in [-0.2, 0) is 16.6 Å². The minimum Gasteiger partial charge on any atom is -0.312 e. The molecule has 8 nitrogen and oxygen atoms in total. The van der Waals surface area contributed by atoms with Crippen molar-refractivity contribution >= 4 is 49.7 Å². The summed E-state index contributed by atoms with van der Waals surface area (Å²) in [4.78, 5) is 24.2. The molecule has 0 atom stereocenters. The summed E-state index contributed by atoms with van der Waals surface area (Å²) < 4.78 is 25.2. The molecular weight excluding hydrogens is 470 g/mol. The number of carbonyl (C=O) groups is 1. The second kappa shape index (κ2) is 8.86. The van der Waals surface area contributed by atoms with E-state index >= 15 is 0 Å². The summed E-state index contributed by atoms with van der Waals surface area (Å²) in [6.45, 7) is 0.341.